The van der Waals surface area contributed by atoms with Crippen LogP contribution in [0.1, 0.15) is 36.6 Å². The average Bonchev–Trinajstić information content (AvgIpc) is 3.04. The first kappa shape index (κ1) is 15.2. The van der Waals surface area contributed by atoms with E-state index in [0.29, 0.717) is 17.9 Å². The Morgan fingerprint density at radius 3 is 3.08 bits per heavy atom. The van der Waals surface area contributed by atoms with Crippen molar-refractivity contribution in [3.63, 3.8) is 0 Å². The zero-order valence-corrected chi connectivity index (χ0v) is 14.6. The average molecular weight is 336 g/mol. The number of hydrogen-bond donors (Lipinski definition) is 1. The summed E-state index contributed by atoms with van der Waals surface area (Å²) in [6, 6.07) is 9.01. The van der Waals surface area contributed by atoms with Crippen LogP contribution in [0.4, 0.5) is 0 Å². The van der Waals surface area contributed by atoms with Gasteiger partial charge in [-0.15, -0.1) is 0 Å². The van der Waals surface area contributed by atoms with Crippen molar-refractivity contribution in [2.75, 3.05) is 20.2 Å². The number of fused-ring (bicyclic) bond motifs is 6. The second kappa shape index (κ2) is 5.73. The quantitative estimate of drug-likeness (QED) is 0.810. The minimum Gasteiger partial charge on any atom is -0.466 e. The van der Waals surface area contributed by atoms with Gasteiger partial charge in [-0.2, -0.15) is 0 Å². The summed E-state index contributed by atoms with van der Waals surface area (Å²) in [5.74, 6) is 0.789. The number of aromatic nitrogens is 1. The van der Waals surface area contributed by atoms with Gasteiger partial charge in [0.2, 0.25) is 0 Å². The number of piperidine rings is 1. The van der Waals surface area contributed by atoms with Crippen molar-refractivity contribution in [2.45, 2.75) is 31.7 Å². The first-order valence-corrected chi connectivity index (χ1v) is 9.38. The number of allylic oxidation sites excluding steroid dienone is 1. The molecule has 1 saturated heterocycles. The topological polar surface area (TPSA) is 45.3 Å². The van der Waals surface area contributed by atoms with Crippen molar-refractivity contribution < 1.29 is 9.53 Å². The van der Waals surface area contributed by atoms with E-state index in [1.54, 1.807) is 0 Å². The minimum atomic E-state index is -0.129. The molecular formula is C21H24N2O2. The number of benzene rings is 1. The number of nitrogens with zero attached hydrogens (tertiary/aromatic N) is 1. The van der Waals surface area contributed by atoms with Gasteiger partial charge in [0.15, 0.2) is 0 Å². The third-order valence-electron chi connectivity index (χ3n) is 6.51. The van der Waals surface area contributed by atoms with E-state index < -0.39 is 0 Å². The lowest BCUT2D eigenvalue weighted by atomic mass is 9.70. The molecule has 5 rings (SSSR count). The molecule has 130 valence electrons. The first-order chi connectivity index (χ1) is 12.3. The van der Waals surface area contributed by atoms with Gasteiger partial charge >= 0.3 is 5.97 Å². The van der Waals surface area contributed by atoms with Gasteiger partial charge in [0, 0.05) is 35.3 Å². The van der Waals surface area contributed by atoms with Crippen molar-refractivity contribution in [1.29, 1.82) is 0 Å². The smallest absolute Gasteiger partial charge is 0.333 e. The van der Waals surface area contributed by atoms with Gasteiger partial charge in [-0.05, 0) is 49.1 Å². The summed E-state index contributed by atoms with van der Waals surface area (Å²) in [6.07, 6.45) is 6.45. The van der Waals surface area contributed by atoms with Crippen LogP contribution in [0.2, 0.25) is 0 Å². The standard InChI is InChI=1S/C21H24N2O2/c1-25-21(24)16-7-4-5-13-12-23-10-9-15-14-6-2-3-8-18(14)22-20(15)19(23)11-17(13)16/h2-3,6-8,13,17,19,22H,4-5,9-12H2,1H3/t13-,17-,19+/m0/s1. The SMILES string of the molecule is COC(=O)C1=CCC[C@H]2CN3CCc4c([nH]c5ccccc45)[C@H]3C[C@H]12. The molecule has 0 amide bonds. The molecule has 1 aromatic heterocycles. The summed E-state index contributed by atoms with van der Waals surface area (Å²) in [5.41, 5.74) is 5.01. The van der Waals surface area contributed by atoms with E-state index in [2.05, 4.69) is 40.2 Å². The molecule has 1 N–H and O–H groups in total. The molecule has 3 heterocycles. The number of para-hydroxylation sites is 1. The van der Waals surface area contributed by atoms with Crippen LogP contribution in [0.25, 0.3) is 10.9 Å². The maximum Gasteiger partial charge on any atom is 0.333 e. The molecule has 2 aromatic rings. The first-order valence-electron chi connectivity index (χ1n) is 9.38. The molecule has 25 heavy (non-hydrogen) atoms. The number of nitrogens with one attached hydrogen (secondary N) is 1. The molecule has 4 nitrogen and oxygen atoms in total. The van der Waals surface area contributed by atoms with E-state index in [-0.39, 0.29) is 5.97 Å². The maximum atomic E-state index is 12.3. The van der Waals surface area contributed by atoms with Gasteiger partial charge < -0.3 is 9.72 Å². The Morgan fingerprint density at radius 1 is 1.32 bits per heavy atom. The Balaban J connectivity index is 1.54. The summed E-state index contributed by atoms with van der Waals surface area (Å²) >= 11 is 0. The molecule has 0 spiro atoms. The van der Waals surface area contributed by atoms with Crippen LogP contribution in [0.3, 0.4) is 0 Å². The molecular weight excluding hydrogens is 312 g/mol. The number of H-pyrrole nitrogens is 1. The summed E-state index contributed by atoms with van der Waals surface area (Å²) in [4.78, 5) is 18.6. The highest BCUT2D eigenvalue weighted by Crippen LogP contribution is 2.47. The van der Waals surface area contributed by atoms with Gasteiger partial charge in [-0.25, -0.2) is 4.79 Å². The van der Waals surface area contributed by atoms with Crippen molar-refractivity contribution >= 4 is 16.9 Å². The summed E-state index contributed by atoms with van der Waals surface area (Å²) in [6.45, 7) is 2.22. The molecule has 0 saturated carbocycles. The molecule has 1 aromatic carbocycles. The monoisotopic (exact) mass is 336 g/mol. The van der Waals surface area contributed by atoms with Crippen LogP contribution >= 0.6 is 0 Å². The molecule has 0 bridgehead atoms. The van der Waals surface area contributed by atoms with E-state index in [1.165, 1.54) is 35.7 Å². The molecule has 3 atom stereocenters. The predicted molar refractivity (Wildman–Crippen MR) is 97.2 cm³/mol. The Hall–Kier alpha value is -2.07. The zero-order valence-electron chi connectivity index (χ0n) is 14.6. The van der Waals surface area contributed by atoms with E-state index in [9.17, 15) is 4.79 Å². The molecule has 0 radical (unpaired) electrons. The number of esters is 1. The number of carbonyl (C=O) groups is 1. The van der Waals surface area contributed by atoms with Crippen molar-refractivity contribution in [1.82, 2.24) is 9.88 Å². The highest BCUT2D eigenvalue weighted by molar-refractivity contribution is 5.89. The van der Waals surface area contributed by atoms with Crippen molar-refractivity contribution in [3.05, 3.63) is 47.2 Å². The fourth-order valence-corrected chi connectivity index (χ4v) is 5.35. The highest BCUT2D eigenvalue weighted by atomic mass is 16.5. The second-order valence-corrected chi connectivity index (χ2v) is 7.65. The molecule has 1 fully saturated rings. The van der Waals surface area contributed by atoms with Crippen molar-refractivity contribution in [2.24, 2.45) is 11.8 Å². The van der Waals surface area contributed by atoms with Crippen LogP contribution in [0, 0.1) is 11.8 Å². The lowest BCUT2D eigenvalue weighted by molar-refractivity contribution is -0.137. The fourth-order valence-electron chi connectivity index (χ4n) is 5.35. The highest BCUT2D eigenvalue weighted by Gasteiger charge is 2.43. The largest absolute Gasteiger partial charge is 0.466 e. The second-order valence-electron chi connectivity index (χ2n) is 7.65. The Bertz CT molecular complexity index is 866. The number of rotatable bonds is 1. The lowest BCUT2D eigenvalue weighted by Crippen LogP contribution is -2.47. The Morgan fingerprint density at radius 2 is 2.20 bits per heavy atom. The van der Waals surface area contributed by atoms with Crippen LogP contribution < -0.4 is 0 Å². The Kier molecular flexibility index (Phi) is 3.49. The zero-order chi connectivity index (χ0) is 17.0. The molecule has 3 aliphatic rings. The lowest BCUT2D eigenvalue weighted by Gasteiger charge is -2.47. The summed E-state index contributed by atoms with van der Waals surface area (Å²) in [7, 11) is 1.50. The molecule has 1 aliphatic carbocycles. The van der Waals surface area contributed by atoms with Gasteiger partial charge in [-0.1, -0.05) is 24.3 Å². The number of methoxy groups -OCH3 is 1. The normalized spacial score (nSPS) is 28.7. The predicted octanol–water partition coefficient (Wildman–Crippen LogP) is 3.60. The van der Waals surface area contributed by atoms with Gasteiger partial charge in [0.25, 0.3) is 0 Å². The van der Waals surface area contributed by atoms with E-state index >= 15 is 0 Å². The summed E-state index contributed by atoms with van der Waals surface area (Å²) in [5, 5.41) is 1.37. The number of hydrogen-bond acceptors (Lipinski definition) is 3. The van der Waals surface area contributed by atoms with Crippen LogP contribution in [0.5, 0.6) is 0 Å². The third kappa shape index (κ3) is 2.27. The number of aromatic amines is 1. The molecule has 4 heteroatoms. The Labute approximate surface area is 147 Å². The number of ether oxygens (including phenoxy) is 1. The maximum absolute atomic E-state index is 12.3. The molecule has 0 unspecified atom stereocenters. The van der Waals surface area contributed by atoms with Gasteiger partial charge in [-0.3, -0.25) is 4.90 Å². The molecule has 2 aliphatic heterocycles. The van der Waals surface area contributed by atoms with Crippen molar-refractivity contribution in [3.8, 4) is 0 Å². The third-order valence-corrected chi connectivity index (χ3v) is 6.51. The van der Waals surface area contributed by atoms with Gasteiger partial charge in [0.1, 0.15) is 0 Å². The van der Waals surface area contributed by atoms with E-state index in [0.717, 1.165) is 37.9 Å². The number of carbonyl (C=O) groups excluding carboxylic acids is 1. The van der Waals surface area contributed by atoms with Gasteiger partial charge in [0.05, 0.1) is 13.2 Å². The minimum absolute atomic E-state index is 0.129. The fraction of sp³-hybridized carbons (Fsp3) is 0.476. The van der Waals surface area contributed by atoms with E-state index in [4.69, 9.17) is 4.74 Å². The van der Waals surface area contributed by atoms with Crippen LogP contribution in [-0.4, -0.2) is 36.1 Å². The van der Waals surface area contributed by atoms with Crippen LogP contribution in [0.15, 0.2) is 35.9 Å². The van der Waals surface area contributed by atoms with Crippen LogP contribution in [-0.2, 0) is 16.0 Å². The summed E-state index contributed by atoms with van der Waals surface area (Å²) < 4.78 is 5.06. The van der Waals surface area contributed by atoms with E-state index in [1.807, 2.05) is 0 Å².